The lowest BCUT2D eigenvalue weighted by atomic mass is 10.2. The van der Waals surface area contributed by atoms with Crippen LogP contribution in [0.4, 0.5) is 0 Å². The highest BCUT2D eigenvalue weighted by Gasteiger charge is 2.21. The average Bonchev–Trinajstić information content (AvgIpc) is 3.36. The van der Waals surface area contributed by atoms with Crippen molar-refractivity contribution in [3.63, 3.8) is 0 Å². The Hall–Kier alpha value is -1.02. The lowest BCUT2D eigenvalue weighted by molar-refractivity contribution is 0.115. The molecule has 1 saturated carbocycles. The molecule has 0 bridgehead atoms. The molecule has 130 valence electrons. The second-order valence-electron chi connectivity index (χ2n) is 5.69. The van der Waals surface area contributed by atoms with E-state index < -0.39 is 0 Å². The summed E-state index contributed by atoms with van der Waals surface area (Å²) in [5.74, 6) is 2.56. The molecule has 0 heterocycles. The first-order chi connectivity index (χ1) is 10.7. The predicted molar refractivity (Wildman–Crippen MR) is 105 cm³/mol. The first-order valence-corrected chi connectivity index (χ1v) is 7.85. The number of nitrogens with one attached hydrogen (secondary N) is 1. The first-order valence-electron chi connectivity index (χ1n) is 7.85. The van der Waals surface area contributed by atoms with Gasteiger partial charge < -0.3 is 19.7 Å². The van der Waals surface area contributed by atoms with Crippen molar-refractivity contribution in [2.45, 2.75) is 19.4 Å². The molecule has 0 aliphatic heterocycles. The Bertz CT molecular complexity index is 492. The van der Waals surface area contributed by atoms with Crippen LogP contribution in [0.5, 0.6) is 5.75 Å². The van der Waals surface area contributed by atoms with E-state index in [2.05, 4.69) is 21.3 Å². The summed E-state index contributed by atoms with van der Waals surface area (Å²) in [5, 5.41) is 3.36. The van der Waals surface area contributed by atoms with E-state index in [1.807, 2.05) is 25.2 Å². The van der Waals surface area contributed by atoms with Crippen LogP contribution in [0.15, 0.2) is 29.3 Å². The number of hydrogen-bond donors (Lipinski definition) is 1. The van der Waals surface area contributed by atoms with Crippen LogP contribution in [-0.4, -0.2) is 51.8 Å². The Morgan fingerprint density at radius 3 is 2.83 bits per heavy atom. The maximum Gasteiger partial charge on any atom is 0.193 e. The summed E-state index contributed by atoms with van der Waals surface area (Å²) in [4.78, 5) is 6.41. The minimum atomic E-state index is 0. The number of methoxy groups -OCH3 is 1. The van der Waals surface area contributed by atoms with E-state index in [1.165, 1.54) is 18.4 Å². The van der Waals surface area contributed by atoms with Crippen LogP contribution in [0.1, 0.15) is 18.4 Å². The van der Waals surface area contributed by atoms with Gasteiger partial charge in [0.25, 0.3) is 0 Å². The molecule has 1 N–H and O–H groups in total. The van der Waals surface area contributed by atoms with Crippen LogP contribution in [-0.2, 0) is 11.3 Å². The van der Waals surface area contributed by atoms with Gasteiger partial charge in [-0.25, -0.2) is 0 Å². The van der Waals surface area contributed by atoms with Gasteiger partial charge in [0.1, 0.15) is 5.75 Å². The van der Waals surface area contributed by atoms with Gasteiger partial charge in [0.05, 0.1) is 13.7 Å². The van der Waals surface area contributed by atoms with Crippen molar-refractivity contribution >= 4 is 29.9 Å². The molecule has 0 unspecified atom stereocenters. The van der Waals surface area contributed by atoms with Crippen molar-refractivity contribution < 1.29 is 9.47 Å². The normalized spacial score (nSPS) is 14.1. The molecule has 23 heavy (non-hydrogen) atoms. The molecule has 2 rings (SSSR count). The van der Waals surface area contributed by atoms with E-state index in [0.29, 0.717) is 0 Å². The third-order valence-corrected chi connectivity index (χ3v) is 3.78. The average molecular weight is 433 g/mol. The van der Waals surface area contributed by atoms with Crippen LogP contribution >= 0.6 is 24.0 Å². The molecule has 1 aromatic carbocycles. The van der Waals surface area contributed by atoms with Crippen molar-refractivity contribution in [2.24, 2.45) is 10.9 Å². The van der Waals surface area contributed by atoms with Gasteiger partial charge in [0.15, 0.2) is 5.96 Å². The molecule has 6 heteroatoms. The molecule has 0 aromatic heterocycles. The maximum atomic E-state index is 5.67. The Balaban J connectivity index is 0.00000264. The van der Waals surface area contributed by atoms with Gasteiger partial charge in [-0.05, 0) is 36.5 Å². The Morgan fingerprint density at radius 1 is 1.39 bits per heavy atom. The number of nitrogens with zero attached hydrogens (tertiary/aromatic N) is 2. The van der Waals surface area contributed by atoms with Crippen molar-refractivity contribution in [3.8, 4) is 5.75 Å². The highest BCUT2D eigenvalue weighted by molar-refractivity contribution is 14.0. The van der Waals surface area contributed by atoms with Crippen LogP contribution in [0.3, 0.4) is 0 Å². The van der Waals surface area contributed by atoms with E-state index in [-0.39, 0.29) is 24.0 Å². The highest BCUT2D eigenvalue weighted by Crippen LogP contribution is 2.28. The monoisotopic (exact) mass is 433 g/mol. The quantitative estimate of drug-likeness (QED) is 0.297. The minimum Gasteiger partial charge on any atom is -0.497 e. The number of likely N-dealkylation sites (N-methyl/N-ethyl adjacent to an activating group) is 1. The molecule has 1 fully saturated rings. The highest BCUT2D eigenvalue weighted by atomic mass is 127. The molecule has 0 saturated heterocycles. The number of hydrogen-bond acceptors (Lipinski definition) is 3. The largest absolute Gasteiger partial charge is 0.497 e. The second-order valence-corrected chi connectivity index (χ2v) is 5.69. The lowest BCUT2D eigenvalue weighted by Crippen LogP contribution is -2.40. The van der Waals surface area contributed by atoms with Gasteiger partial charge in [0, 0.05) is 33.8 Å². The number of benzene rings is 1. The summed E-state index contributed by atoms with van der Waals surface area (Å²) < 4.78 is 10.9. The molecular formula is C17H28IN3O2. The summed E-state index contributed by atoms with van der Waals surface area (Å²) in [7, 11) is 5.51. The summed E-state index contributed by atoms with van der Waals surface area (Å²) >= 11 is 0. The fourth-order valence-electron chi connectivity index (χ4n) is 2.19. The van der Waals surface area contributed by atoms with Crippen LogP contribution in [0.2, 0.25) is 0 Å². The van der Waals surface area contributed by atoms with Gasteiger partial charge >= 0.3 is 0 Å². The van der Waals surface area contributed by atoms with E-state index in [4.69, 9.17) is 9.47 Å². The van der Waals surface area contributed by atoms with Crippen molar-refractivity contribution in [2.75, 3.05) is 41.0 Å². The van der Waals surface area contributed by atoms with E-state index in [0.717, 1.165) is 43.9 Å². The number of guanidine groups is 1. The molecule has 0 atom stereocenters. The van der Waals surface area contributed by atoms with Crippen LogP contribution in [0, 0.1) is 5.92 Å². The third-order valence-electron chi connectivity index (χ3n) is 3.78. The van der Waals surface area contributed by atoms with E-state index in [9.17, 15) is 0 Å². The standard InChI is InChI=1S/C17H27N3O2.HI/c1-18-17(20(2)9-10-22-13-14-7-8-14)19-12-15-5-4-6-16(11-15)21-3;/h4-6,11,14H,7-10,12-13H2,1-3H3,(H,18,19);1H. The second kappa shape index (κ2) is 10.7. The van der Waals surface area contributed by atoms with Gasteiger partial charge in [-0.15, -0.1) is 24.0 Å². The van der Waals surface area contributed by atoms with Gasteiger partial charge in [-0.2, -0.15) is 0 Å². The third kappa shape index (κ3) is 7.39. The van der Waals surface area contributed by atoms with E-state index in [1.54, 1.807) is 14.2 Å². The molecule has 1 aliphatic carbocycles. The summed E-state index contributed by atoms with van der Waals surface area (Å²) in [6.07, 6.45) is 2.67. The molecule has 0 radical (unpaired) electrons. The lowest BCUT2D eigenvalue weighted by Gasteiger charge is -2.22. The Labute approximate surface area is 156 Å². The molecule has 0 amide bonds. The maximum absolute atomic E-state index is 5.67. The van der Waals surface area contributed by atoms with Crippen LogP contribution < -0.4 is 10.1 Å². The van der Waals surface area contributed by atoms with Crippen LogP contribution in [0.25, 0.3) is 0 Å². The zero-order valence-corrected chi connectivity index (χ0v) is 16.6. The fourth-order valence-corrected chi connectivity index (χ4v) is 2.19. The SMILES string of the molecule is CN=C(NCc1cccc(OC)c1)N(C)CCOCC1CC1.I. The first kappa shape index (κ1) is 20.0. The Kier molecular flexibility index (Phi) is 9.31. The number of aliphatic imine (C=N–C) groups is 1. The number of ether oxygens (including phenoxy) is 2. The predicted octanol–water partition coefficient (Wildman–Crippen LogP) is 2.75. The summed E-state index contributed by atoms with van der Waals surface area (Å²) in [6, 6.07) is 8.04. The van der Waals surface area contributed by atoms with E-state index >= 15 is 0 Å². The molecule has 5 nitrogen and oxygen atoms in total. The van der Waals surface area contributed by atoms with Crippen molar-refractivity contribution in [1.29, 1.82) is 0 Å². The zero-order valence-electron chi connectivity index (χ0n) is 14.2. The van der Waals surface area contributed by atoms with Gasteiger partial charge in [0.2, 0.25) is 0 Å². The van der Waals surface area contributed by atoms with Crippen molar-refractivity contribution in [3.05, 3.63) is 29.8 Å². The zero-order chi connectivity index (χ0) is 15.8. The van der Waals surface area contributed by atoms with Crippen molar-refractivity contribution in [1.82, 2.24) is 10.2 Å². The smallest absolute Gasteiger partial charge is 0.193 e. The molecule has 0 spiro atoms. The number of rotatable bonds is 8. The minimum absolute atomic E-state index is 0. The summed E-state index contributed by atoms with van der Waals surface area (Å²) in [6.45, 7) is 3.21. The number of halogens is 1. The summed E-state index contributed by atoms with van der Waals surface area (Å²) in [5.41, 5.74) is 1.17. The fraction of sp³-hybridized carbons (Fsp3) is 0.588. The van der Waals surface area contributed by atoms with Gasteiger partial charge in [-0.3, -0.25) is 4.99 Å². The molecule has 1 aromatic rings. The topological polar surface area (TPSA) is 46.1 Å². The Morgan fingerprint density at radius 2 is 2.17 bits per heavy atom. The molecule has 1 aliphatic rings. The van der Waals surface area contributed by atoms with Gasteiger partial charge in [-0.1, -0.05) is 12.1 Å². The molecular weight excluding hydrogens is 405 g/mol.